The molecule has 0 aliphatic rings. The number of ether oxygens (including phenoxy) is 1. The van der Waals surface area contributed by atoms with Crippen molar-refractivity contribution in [3.05, 3.63) is 52.3 Å². The monoisotopic (exact) mass is 368 g/mol. The van der Waals surface area contributed by atoms with Crippen molar-refractivity contribution < 1.29 is 14.6 Å². The zero-order valence-electron chi connectivity index (χ0n) is 15.1. The van der Waals surface area contributed by atoms with Gasteiger partial charge in [-0.3, -0.25) is 10.8 Å². The van der Waals surface area contributed by atoms with Crippen molar-refractivity contribution in [2.75, 3.05) is 0 Å². The van der Waals surface area contributed by atoms with Gasteiger partial charge in [-0.25, -0.2) is 14.8 Å². The minimum absolute atomic E-state index is 0.0951. The van der Waals surface area contributed by atoms with E-state index in [1.54, 1.807) is 25.1 Å². The molecule has 0 atom stereocenters. The molecule has 1 aromatic carbocycles. The Labute approximate surface area is 155 Å². The number of nitrogens with one attached hydrogen (secondary N) is 3. The number of benzene rings is 1. The fourth-order valence-corrected chi connectivity index (χ4v) is 2.37. The number of amidine groups is 1. The minimum atomic E-state index is -1.06. The van der Waals surface area contributed by atoms with Crippen LogP contribution in [0.15, 0.2) is 34.4 Å². The number of nitrogens with zero attached hydrogens (tertiary/aromatic N) is 2. The molecule has 0 radical (unpaired) electrons. The van der Waals surface area contributed by atoms with Gasteiger partial charge in [0.1, 0.15) is 0 Å². The number of carboxylic acid groups (broad SMARTS) is 1. The summed E-state index contributed by atoms with van der Waals surface area (Å²) >= 11 is 0. The van der Waals surface area contributed by atoms with Gasteiger partial charge in [0.2, 0.25) is 5.90 Å². The quantitative estimate of drug-likeness (QED) is 0.414. The molecule has 0 aliphatic heterocycles. The number of aryl methyl sites for hydroxylation is 1. The number of aromatic carboxylic acids is 1. The van der Waals surface area contributed by atoms with Crippen LogP contribution in [0.25, 0.3) is 0 Å². The van der Waals surface area contributed by atoms with Crippen molar-refractivity contribution in [3.63, 3.8) is 0 Å². The topological polar surface area (TPSA) is 161 Å². The van der Waals surface area contributed by atoms with Crippen molar-refractivity contribution in [2.45, 2.75) is 20.8 Å². The Morgan fingerprint density at radius 3 is 2.59 bits per heavy atom. The molecule has 0 fully saturated rings. The third-order valence-electron chi connectivity index (χ3n) is 3.74. The maximum Gasteiger partial charge on any atom is 0.337 e. The van der Waals surface area contributed by atoms with Crippen LogP contribution in [0.3, 0.4) is 0 Å². The second-order valence-electron chi connectivity index (χ2n) is 5.71. The summed E-state index contributed by atoms with van der Waals surface area (Å²) in [7, 11) is 0. The Kier molecular flexibility index (Phi) is 5.86. The van der Waals surface area contributed by atoms with E-state index in [-0.39, 0.29) is 23.2 Å². The van der Waals surface area contributed by atoms with E-state index >= 15 is 0 Å². The number of carbonyl (C=O) groups is 1. The van der Waals surface area contributed by atoms with E-state index in [9.17, 15) is 9.90 Å². The number of hydrogen-bond donors (Lipinski definition) is 5. The largest absolute Gasteiger partial charge is 0.478 e. The first kappa shape index (κ1) is 19.6. The molecule has 140 valence electrons. The van der Waals surface area contributed by atoms with Crippen LogP contribution in [-0.2, 0) is 4.74 Å². The van der Waals surface area contributed by atoms with Gasteiger partial charge in [-0.05, 0) is 37.1 Å². The molecule has 9 nitrogen and oxygen atoms in total. The highest BCUT2D eigenvalue weighted by atomic mass is 16.5. The van der Waals surface area contributed by atoms with E-state index in [0.717, 1.165) is 11.9 Å². The number of hydrogen-bond acceptors (Lipinski definition) is 5. The van der Waals surface area contributed by atoms with Gasteiger partial charge in [0, 0.05) is 18.7 Å². The fourth-order valence-electron chi connectivity index (χ4n) is 2.37. The summed E-state index contributed by atoms with van der Waals surface area (Å²) in [4.78, 5) is 22.7. The predicted octanol–water partition coefficient (Wildman–Crippen LogP) is 2.73. The zero-order valence-corrected chi connectivity index (χ0v) is 15.1. The minimum Gasteiger partial charge on any atom is -0.478 e. The molecule has 0 saturated carbocycles. The van der Waals surface area contributed by atoms with E-state index in [0.29, 0.717) is 22.5 Å². The van der Waals surface area contributed by atoms with Crippen LogP contribution in [0.1, 0.15) is 39.7 Å². The van der Waals surface area contributed by atoms with Gasteiger partial charge in [-0.1, -0.05) is 6.07 Å². The van der Waals surface area contributed by atoms with E-state index in [4.69, 9.17) is 21.3 Å². The molecule has 6 N–H and O–H groups in total. The van der Waals surface area contributed by atoms with Gasteiger partial charge in [-0.2, -0.15) is 0 Å². The number of aliphatic imine (C=N–C) groups is 2. The van der Waals surface area contributed by atoms with Crippen molar-refractivity contribution in [1.29, 1.82) is 10.8 Å². The van der Waals surface area contributed by atoms with Gasteiger partial charge in [0.05, 0.1) is 23.3 Å². The molecule has 0 aliphatic carbocycles. The number of nitrogens with two attached hydrogens (primary N) is 1. The van der Waals surface area contributed by atoms with Gasteiger partial charge < -0.3 is 20.6 Å². The summed E-state index contributed by atoms with van der Waals surface area (Å²) in [6.07, 6.45) is 2.44. The molecule has 2 aromatic rings. The van der Waals surface area contributed by atoms with Gasteiger partial charge in [0.15, 0.2) is 11.7 Å². The van der Waals surface area contributed by atoms with Crippen LogP contribution in [0.2, 0.25) is 0 Å². The molecule has 0 amide bonds. The maximum absolute atomic E-state index is 11.3. The van der Waals surface area contributed by atoms with Gasteiger partial charge in [0.25, 0.3) is 0 Å². The van der Waals surface area contributed by atoms with Gasteiger partial charge in [-0.15, -0.1) is 0 Å². The highest BCUT2D eigenvalue weighted by Gasteiger charge is 2.17. The summed E-state index contributed by atoms with van der Waals surface area (Å²) in [5.74, 6) is -1.12. The molecule has 0 bridgehead atoms. The molecule has 0 spiro atoms. The molecule has 0 saturated heterocycles. The van der Waals surface area contributed by atoms with Crippen LogP contribution in [-0.4, -0.2) is 40.0 Å². The second kappa shape index (κ2) is 8.09. The Morgan fingerprint density at radius 1 is 1.33 bits per heavy atom. The summed E-state index contributed by atoms with van der Waals surface area (Å²) in [6, 6.07) is 5.08. The Bertz CT molecular complexity index is 971. The lowest BCUT2D eigenvalue weighted by Gasteiger charge is -2.08. The summed E-state index contributed by atoms with van der Waals surface area (Å²) in [6.45, 7) is 4.92. The zero-order chi connectivity index (χ0) is 20.1. The molecular weight excluding hydrogens is 348 g/mol. The number of aromatic amines is 1. The lowest BCUT2D eigenvalue weighted by Crippen LogP contribution is -2.09. The van der Waals surface area contributed by atoms with Crippen molar-refractivity contribution in [2.24, 2.45) is 15.7 Å². The third-order valence-corrected chi connectivity index (χ3v) is 3.74. The Hall–Kier alpha value is -3.75. The second-order valence-corrected chi connectivity index (χ2v) is 5.71. The number of carboxylic acids is 1. The smallest absolute Gasteiger partial charge is 0.337 e. The number of aromatic nitrogens is 1. The average molecular weight is 368 g/mol. The molecular formula is C18H20N6O3. The van der Waals surface area contributed by atoms with Crippen LogP contribution >= 0.6 is 0 Å². The Morgan fingerprint density at radius 2 is 2.04 bits per heavy atom. The van der Waals surface area contributed by atoms with E-state index in [1.807, 2.05) is 6.92 Å². The molecule has 1 aromatic heterocycles. The highest BCUT2D eigenvalue weighted by molar-refractivity contribution is 6.06. The van der Waals surface area contributed by atoms with Crippen LogP contribution in [0.4, 0.5) is 5.69 Å². The average Bonchev–Trinajstić information content (AvgIpc) is 2.97. The third kappa shape index (κ3) is 4.46. The molecule has 0 unspecified atom stereocenters. The SMILES string of the molecule is CC(=N)OC(=N)c1ccc(C)c(N=C(N=CN)c2[nH]cc(C(=O)O)c2C)c1. The molecule has 27 heavy (non-hydrogen) atoms. The first-order valence-electron chi connectivity index (χ1n) is 7.91. The van der Waals surface area contributed by atoms with E-state index < -0.39 is 5.97 Å². The fraction of sp³-hybridized carbons (Fsp3) is 0.167. The summed E-state index contributed by atoms with van der Waals surface area (Å²) < 4.78 is 5.01. The van der Waals surface area contributed by atoms with Crippen molar-refractivity contribution >= 4 is 35.6 Å². The van der Waals surface area contributed by atoms with Gasteiger partial charge >= 0.3 is 5.97 Å². The summed E-state index contributed by atoms with van der Waals surface area (Å²) in [5, 5.41) is 24.5. The molecule has 1 heterocycles. The lowest BCUT2D eigenvalue weighted by atomic mass is 10.1. The molecule has 2 rings (SSSR count). The van der Waals surface area contributed by atoms with E-state index in [1.165, 1.54) is 13.1 Å². The van der Waals surface area contributed by atoms with E-state index in [2.05, 4.69) is 15.0 Å². The number of H-pyrrole nitrogens is 1. The first-order valence-corrected chi connectivity index (χ1v) is 7.91. The van der Waals surface area contributed by atoms with Crippen LogP contribution < -0.4 is 5.73 Å². The lowest BCUT2D eigenvalue weighted by molar-refractivity contribution is 0.0696. The standard InChI is InChI=1S/C18H20N6O3/c1-9-4-5-12(16(21)27-11(3)20)6-14(9)24-17(23-8-19)15-10(2)13(7-22-15)18(25)26/h4-8,20-22H,1-3H3,(H,25,26)(H2,19,23,24). The van der Waals surface area contributed by atoms with Crippen molar-refractivity contribution in [1.82, 2.24) is 4.98 Å². The highest BCUT2D eigenvalue weighted by Crippen LogP contribution is 2.24. The normalized spacial score (nSPS) is 11.6. The molecule has 9 heteroatoms. The van der Waals surface area contributed by atoms with Crippen LogP contribution in [0.5, 0.6) is 0 Å². The number of rotatable bonds is 4. The Balaban J connectivity index is 2.54. The van der Waals surface area contributed by atoms with Crippen LogP contribution in [0, 0.1) is 24.7 Å². The van der Waals surface area contributed by atoms with Crippen molar-refractivity contribution in [3.8, 4) is 0 Å². The summed E-state index contributed by atoms with van der Waals surface area (Å²) in [5.41, 5.74) is 8.22. The predicted molar refractivity (Wildman–Crippen MR) is 104 cm³/mol. The maximum atomic E-state index is 11.3. The first-order chi connectivity index (χ1) is 12.7.